The number of fused-ring (bicyclic) bond motifs is 4. The number of H-pyrrole nitrogens is 1. The molecule has 0 atom stereocenters. The lowest BCUT2D eigenvalue weighted by Gasteiger charge is -2.49. The van der Waals surface area contributed by atoms with E-state index in [0.717, 1.165) is 38.9 Å². The molecule has 1 amide bonds. The van der Waals surface area contributed by atoms with E-state index in [1.165, 1.54) is 22.2 Å². The van der Waals surface area contributed by atoms with Crippen LogP contribution in [0, 0.1) is 13.8 Å². The van der Waals surface area contributed by atoms with Crippen LogP contribution in [0.4, 0.5) is 0 Å². The Hall–Kier alpha value is -2.60. The minimum Gasteiger partial charge on any atom is -0.361 e. The van der Waals surface area contributed by atoms with Gasteiger partial charge in [0, 0.05) is 36.2 Å². The van der Waals surface area contributed by atoms with Crippen molar-refractivity contribution in [2.24, 2.45) is 0 Å². The summed E-state index contributed by atoms with van der Waals surface area (Å²) in [5.74, 6) is 0.650. The molecule has 28 heavy (non-hydrogen) atoms. The van der Waals surface area contributed by atoms with E-state index in [1.807, 2.05) is 18.7 Å². The maximum atomic E-state index is 13.0. The first-order valence-corrected chi connectivity index (χ1v) is 10.0. The van der Waals surface area contributed by atoms with E-state index < -0.39 is 0 Å². The number of carbonyl (C=O) groups is 1. The number of aryl methyl sites for hydroxylation is 2. The van der Waals surface area contributed by atoms with Crippen molar-refractivity contribution in [3.8, 4) is 0 Å². The molecule has 0 unspecified atom stereocenters. The molecule has 1 aromatic carbocycles. The van der Waals surface area contributed by atoms with Crippen molar-refractivity contribution in [3.63, 3.8) is 0 Å². The van der Waals surface area contributed by atoms with E-state index in [1.54, 1.807) is 0 Å². The van der Waals surface area contributed by atoms with E-state index in [9.17, 15) is 4.79 Å². The zero-order valence-corrected chi connectivity index (χ0v) is 16.7. The number of amides is 1. The highest BCUT2D eigenvalue weighted by Crippen LogP contribution is 2.44. The number of aromatic nitrogens is 2. The monoisotopic (exact) mass is 378 g/mol. The first-order valence-electron chi connectivity index (χ1n) is 10.0. The first kappa shape index (κ1) is 17.5. The number of nitrogens with one attached hydrogen (secondary N) is 1. The van der Waals surface area contributed by atoms with Crippen molar-refractivity contribution in [1.29, 1.82) is 0 Å². The Morgan fingerprint density at radius 1 is 1.18 bits per heavy atom. The second kappa shape index (κ2) is 6.21. The Bertz CT molecular complexity index is 1040. The Morgan fingerprint density at radius 2 is 1.93 bits per heavy atom. The molecule has 1 spiro atoms. The summed E-state index contributed by atoms with van der Waals surface area (Å²) in [4.78, 5) is 21.2. The van der Waals surface area contributed by atoms with E-state index in [0.29, 0.717) is 17.0 Å². The molecular weight excluding hydrogens is 352 g/mol. The van der Waals surface area contributed by atoms with E-state index in [4.69, 9.17) is 4.52 Å². The number of likely N-dealkylation sites (tertiary alicyclic amines) is 1. The topological polar surface area (TPSA) is 65.4 Å². The average Bonchev–Trinajstić information content (AvgIpc) is 3.25. The molecule has 2 aliphatic heterocycles. The Kier molecular flexibility index (Phi) is 3.88. The predicted octanol–water partition coefficient (Wildman–Crippen LogP) is 3.39. The van der Waals surface area contributed by atoms with Crippen LogP contribution >= 0.6 is 0 Å². The number of rotatable bonds is 1. The van der Waals surface area contributed by atoms with Gasteiger partial charge in [0.1, 0.15) is 11.3 Å². The third-order valence-corrected chi connectivity index (χ3v) is 6.83. The molecule has 1 fully saturated rings. The van der Waals surface area contributed by atoms with Gasteiger partial charge in [-0.05, 0) is 51.8 Å². The molecule has 0 aliphatic carbocycles. The molecule has 146 valence electrons. The zero-order chi connectivity index (χ0) is 19.5. The van der Waals surface area contributed by atoms with Gasteiger partial charge in [-0.1, -0.05) is 23.4 Å². The summed E-state index contributed by atoms with van der Waals surface area (Å²) in [6.07, 6.45) is 2.93. The number of benzene rings is 1. The standard InChI is InChI=1S/C22H26N4O2/c1-14-19(15(2)28-24-14)21(27)26-12-9-22(10-13-26)20-17(8-11-25(22)3)16-6-4-5-7-18(16)23-20/h4-7,23H,8-13H2,1-3H3. The van der Waals surface area contributed by atoms with Crippen LogP contribution in [-0.2, 0) is 12.0 Å². The molecule has 0 bridgehead atoms. The summed E-state index contributed by atoms with van der Waals surface area (Å²) in [7, 11) is 2.22. The lowest BCUT2D eigenvalue weighted by atomic mass is 9.77. The summed E-state index contributed by atoms with van der Waals surface area (Å²) in [6.45, 7) is 6.17. The zero-order valence-electron chi connectivity index (χ0n) is 16.7. The highest BCUT2D eigenvalue weighted by Gasteiger charge is 2.45. The van der Waals surface area contributed by atoms with Crippen LogP contribution in [0.2, 0.25) is 0 Å². The minimum atomic E-state index is -0.0257. The molecule has 6 heteroatoms. The predicted molar refractivity (Wildman–Crippen MR) is 107 cm³/mol. The van der Waals surface area contributed by atoms with Gasteiger partial charge < -0.3 is 14.4 Å². The van der Waals surface area contributed by atoms with Crippen molar-refractivity contribution in [3.05, 3.63) is 52.5 Å². The number of nitrogens with zero attached hydrogens (tertiary/aromatic N) is 3. The van der Waals surface area contributed by atoms with Crippen molar-refractivity contribution < 1.29 is 9.32 Å². The van der Waals surface area contributed by atoms with Crippen molar-refractivity contribution in [2.75, 3.05) is 26.7 Å². The second-order valence-electron chi connectivity index (χ2n) is 8.22. The molecule has 4 heterocycles. The minimum absolute atomic E-state index is 0.0257. The highest BCUT2D eigenvalue weighted by molar-refractivity contribution is 5.96. The number of carbonyl (C=O) groups excluding carboxylic acids is 1. The Morgan fingerprint density at radius 3 is 2.64 bits per heavy atom. The van der Waals surface area contributed by atoms with Gasteiger partial charge in [0.25, 0.3) is 5.91 Å². The summed E-state index contributed by atoms with van der Waals surface area (Å²) in [5, 5.41) is 5.29. The first-order chi connectivity index (χ1) is 13.5. The molecule has 0 radical (unpaired) electrons. The van der Waals surface area contributed by atoms with Crippen LogP contribution < -0.4 is 0 Å². The molecule has 3 aromatic rings. The van der Waals surface area contributed by atoms with E-state index >= 15 is 0 Å². The van der Waals surface area contributed by atoms with E-state index in [2.05, 4.69) is 46.4 Å². The lowest BCUT2D eigenvalue weighted by molar-refractivity contribution is 0.0230. The van der Waals surface area contributed by atoms with Gasteiger partial charge in [-0.2, -0.15) is 0 Å². The smallest absolute Gasteiger partial charge is 0.259 e. The highest BCUT2D eigenvalue weighted by atomic mass is 16.5. The van der Waals surface area contributed by atoms with Crippen LogP contribution in [-0.4, -0.2) is 52.5 Å². The molecule has 1 saturated heterocycles. The molecule has 2 aliphatic rings. The van der Waals surface area contributed by atoms with Crippen LogP contribution in [0.1, 0.15) is 45.9 Å². The van der Waals surface area contributed by atoms with E-state index in [-0.39, 0.29) is 11.4 Å². The van der Waals surface area contributed by atoms with Crippen molar-refractivity contribution in [2.45, 2.75) is 38.6 Å². The van der Waals surface area contributed by atoms with Crippen LogP contribution in [0.15, 0.2) is 28.8 Å². The summed E-state index contributed by atoms with van der Waals surface area (Å²) >= 11 is 0. The molecular formula is C22H26N4O2. The number of likely N-dealkylation sites (N-methyl/N-ethyl adjacent to an activating group) is 1. The van der Waals surface area contributed by atoms with Gasteiger partial charge in [-0.3, -0.25) is 9.69 Å². The van der Waals surface area contributed by atoms with Gasteiger partial charge in [-0.25, -0.2) is 0 Å². The average molecular weight is 378 g/mol. The summed E-state index contributed by atoms with van der Waals surface area (Å²) in [5.41, 5.74) is 5.31. The normalized spacial score (nSPS) is 19.3. The molecule has 5 rings (SSSR count). The number of para-hydroxylation sites is 1. The van der Waals surface area contributed by atoms with Gasteiger partial charge in [-0.15, -0.1) is 0 Å². The van der Waals surface area contributed by atoms with Gasteiger partial charge in [0.05, 0.1) is 11.2 Å². The van der Waals surface area contributed by atoms with Crippen LogP contribution in [0.3, 0.4) is 0 Å². The van der Waals surface area contributed by atoms with Crippen LogP contribution in [0.5, 0.6) is 0 Å². The number of hydrogen-bond acceptors (Lipinski definition) is 4. The SMILES string of the molecule is Cc1noc(C)c1C(=O)N1CCC2(CC1)c1[nH]c3ccccc3c1CCN2C. The second-order valence-corrected chi connectivity index (χ2v) is 8.22. The van der Waals surface area contributed by atoms with Gasteiger partial charge >= 0.3 is 0 Å². The number of piperidine rings is 1. The fourth-order valence-electron chi connectivity index (χ4n) is 5.20. The maximum Gasteiger partial charge on any atom is 0.259 e. The number of aromatic amines is 1. The molecule has 2 aromatic heterocycles. The van der Waals surface area contributed by atoms with Gasteiger partial charge in [0.2, 0.25) is 0 Å². The third-order valence-electron chi connectivity index (χ3n) is 6.83. The summed E-state index contributed by atoms with van der Waals surface area (Å²) < 4.78 is 5.20. The fourth-order valence-corrected chi connectivity index (χ4v) is 5.20. The lowest BCUT2D eigenvalue weighted by Crippen LogP contribution is -2.55. The quantitative estimate of drug-likeness (QED) is 0.705. The molecule has 6 nitrogen and oxygen atoms in total. The maximum absolute atomic E-state index is 13.0. The van der Waals surface area contributed by atoms with Crippen LogP contribution in [0.25, 0.3) is 10.9 Å². The Balaban J connectivity index is 1.46. The fraction of sp³-hybridized carbons (Fsp3) is 0.455. The Labute approximate surface area is 164 Å². The largest absolute Gasteiger partial charge is 0.361 e. The third kappa shape index (κ3) is 2.37. The summed E-state index contributed by atoms with van der Waals surface area (Å²) in [6, 6.07) is 8.59. The molecule has 0 saturated carbocycles. The van der Waals surface area contributed by atoms with Crippen molar-refractivity contribution >= 4 is 16.8 Å². The number of hydrogen-bond donors (Lipinski definition) is 1. The van der Waals surface area contributed by atoms with Crippen molar-refractivity contribution in [1.82, 2.24) is 19.9 Å². The molecule has 1 N–H and O–H groups in total. The van der Waals surface area contributed by atoms with Gasteiger partial charge in [0.15, 0.2) is 0 Å².